The van der Waals surface area contributed by atoms with E-state index in [2.05, 4.69) is 56.2 Å². The third kappa shape index (κ3) is 3.19. The van der Waals surface area contributed by atoms with Gasteiger partial charge in [0.25, 0.3) is 0 Å². The fourth-order valence-corrected chi connectivity index (χ4v) is 3.23. The van der Waals surface area contributed by atoms with Gasteiger partial charge >= 0.3 is 0 Å². The van der Waals surface area contributed by atoms with Crippen LogP contribution >= 0.6 is 31.9 Å². The van der Waals surface area contributed by atoms with E-state index < -0.39 is 0 Å². The number of hydrogen-bond acceptors (Lipinski definition) is 3. The molecule has 110 valence electrons. The number of nitrogens with one attached hydrogen (secondary N) is 1. The molecule has 1 aliphatic heterocycles. The van der Waals surface area contributed by atoms with Gasteiger partial charge in [0.05, 0.1) is 4.47 Å². The Hall–Kier alpha value is -1.20. The van der Waals surface area contributed by atoms with Gasteiger partial charge in [0.1, 0.15) is 13.2 Å². The van der Waals surface area contributed by atoms with Crippen LogP contribution in [0.4, 0.5) is 5.69 Å². The first-order valence-corrected chi connectivity index (χ1v) is 8.31. The Morgan fingerprint density at radius 3 is 2.76 bits per heavy atom. The van der Waals surface area contributed by atoms with E-state index in [1.165, 1.54) is 5.56 Å². The molecule has 2 aromatic carbocycles. The van der Waals surface area contributed by atoms with Gasteiger partial charge in [-0.15, -0.1) is 0 Å². The van der Waals surface area contributed by atoms with E-state index in [9.17, 15) is 0 Å². The molecule has 0 amide bonds. The van der Waals surface area contributed by atoms with E-state index in [1.807, 2.05) is 18.2 Å². The molecule has 1 aliphatic rings. The summed E-state index contributed by atoms with van der Waals surface area (Å²) in [4.78, 5) is 0. The average Bonchev–Trinajstić information content (AvgIpc) is 2.49. The molecule has 0 saturated heterocycles. The minimum absolute atomic E-state index is 0.598. The smallest absolute Gasteiger partial charge is 0.175 e. The van der Waals surface area contributed by atoms with Crippen molar-refractivity contribution in [3.8, 4) is 11.5 Å². The fraction of sp³-hybridized carbons (Fsp3) is 0.250. The van der Waals surface area contributed by atoms with Gasteiger partial charge in [-0.05, 0) is 58.2 Å². The number of halogens is 2. The number of anilines is 1. The predicted octanol–water partition coefficient (Wildman–Crippen LogP) is 4.90. The first-order valence-electron chi connectivity index (χ1n) is 6.72. The molecule has 1 heterocycles. The summed E-state index contributed by atoms with van der Waals surface area (Å²) in [5.41, 5.74) is 3.47. The molecule has 1 N–H and O–H groups in total. The highest BCUT2D eigenvalue weighted by Crippen LogP contribution is 2.38. The minimum Gasteiger partial charge on any atom is -0.486 e. The zero-order valence-electron chi connectivity index (χ0n) is 11.6. The quantitative estimate of drug-likeness (QED) is 0.777. The van der Waals surface area contributed by atoms with E-state index >= 15 is 0 Å². The van der Waals surface area contributed by atoms with Crippen molar-refractivity contribution < 1.29 is 9.47 Å². The maximum atomic E-state index is 5.65. The third-order valence-electron chi connectivity index (χ3n) is 3.41. The Morgan fingerprint density at radius 1 is 1.10 bits per heavy atom. The lowest BCUT2D eigenvalue weighted by Gasteiger charge is -2.20. The van der Waals surface area contributed by atoms with Crippen molar-refractivity contribution in [1.29, 1.82) is 0 Å². The van der Waals surface area contributed by atoms with Gasteiger partial charge in [-0.1, -0.05) is 22.0 Å². The van der Waals surface area contributed by atoms with Crippen LogP contribution in [0.2, 0.25) is 0 Å². The Balaban J connectivity index is 1.79. The number of benzene rings is 2. The molecule has 3 rings (SSSR count). The molecule has 0 saturated carbocycles. The highest BCUT2D eigenvalue weighted by molar-refractivity contribution is 9.10. The maximum Gasteiger partial charge on any atom is 0.175 e. The summed E-state index contributed by atoms with van der Waals surface area (Å²) in [5.74, 6) is 1.60. The van der Waals surface area contributed by atoms with Crippen molar-refractivity contribution in [2.45, 2.75) is 13.5 Å². The van der Waals surface area contributed by atoms with Crippen LogP contribution < -0.4 is 14.8 Å². The summed E-state index contributed by atoms with van der Waals surface area (Å²) in [6.07, 6.45) is 0. The van der Waals surface area contributed by atoms with E-state index in [-0.39, 0.29) is 0 Å². The van der Waals surface area contributed by atoms with Crippen LogP contribution in [0.15, 0.2) is 39.3 Å². The standard InChI is InChI=1S/C16H15Br2NO2/c1-10-12(17)3-2-4-14(10)19-9-11-7-13(18)16-15(8-11)20-5-6-21-16/h2-4,7-8,19H,5-6,9H2,1H3. The molecule has 0 aliphatic carbocycles. The Kier molecular flexibility index (Phi) is 4.40. The van der Waals surface area contributed by atoms with Crippen LogP contribution in [0.3, 0.4) is 0 Å². The van der Waals surface area contributed by atoms with Crippen LogP contribution in [0.25, 0.3) is 0 Å². The molecule has 2 aromatic rings. The molecular weight excluding hydrogens is 398 g/mol. The van der Waals surface area contributed by atoms with Crippen molar-refractivity contribution in [3.63, 3.8) is 0 Å². The molecule has 0 spiro atoms. The van der Waals surface area contributed by atoms with Gasteiger partial charge in [0.15, 0.2) is 11.5 Å². The molecule has 5 heteroatoms. The zero-order valence-corrected chi connectivity index (χ0v) is 14.8. The monoisotopic (exact) mass is 411 g/mol. The molecule has 0 bridgehead atoms. The largest absolute Gasteiger partial charge is 0.486 e. The van der Waals surface area contributed by atoms with Gasteiger partial charge in [-0.3, -0.25) is 0 Å². The topological polar surface area (TPSA) is 30.5 Å². The van der Waals surface area contributed by atoms with Gasteiger partial charge in [-0.2, -0.15) is 0 Å². The van der Waals surface area contributed by atoms with E-state index in [1.54, 1.807) is 0 Å². The first kappa shape index (κ1) is 14.7. The molecule has 0 aromatic heterocycles. The predicted molar refractivity (Wildman–Crippen MR) is 91.3 cm³/mol. The molecule has 0 unspecified atom stereocenters. The van der Waals surface area contributed by atoms with Crippen molar-refractivity contribution in [1.82, 2.24) is 0 Å². The first-order chi connectivity index (χ1) is 10.1. The zero-order chi connectivity index (χ0) is 14.8. The molecule has 0 radical (unpaired) electrons. The number of rotatable bonds is 3. The van der Waals surface area contributed by atoms with Gasteiger partial charge in [0, 0.05) is 16.7 Å². The van der Waals surface area contributed by atoms with Gasteiger partial charge in [0.2, 0.25) is 0 Å². The Bertz CT molecular complexity index is 674. The Labute approximate surface area is 140 Å². The minimum atomic E-state index is 0.598. The highest BCUT2D eigenvalue weighted by Gasteiger charge is 2.16. The summed E-state index contributed by atoms with van der Waals surface area (Å²) < 4.78 is 13.3. The van der Waals surface area contributed by atoms with Gasteiger partial charge < -0.3 is 14.8 Å². The molecule has 21 heavy (non-hydrogen) atoms. The van der Waals surface area contributed by atoms with Crippen molar-refractivity contribution in [2.75, 3.05) is 18.5 Å². The fourth-order valence-electron chi connectivity index (χ4n) is 2.26. The Morgan fingerprint density at radius 2 is 1.90 bits per heavy atom. The summed E-state index contributed by atoms with van der Waals surface area (Å²) in [6, 6.07) is 10.2. The summed E-state index contributed by atoms with van der Waals surface area (Å²) in [5, 5.41) is 3.46. The lowest BCUT2D eigenvalue weighted by Crippen LogP contribution is -2.16. The van der Waals surface area contributed by atoms with Crippen molar-refractivity contribution in [2.24, 2.45) is 0 Å². The van der Waals surface area contributed by atoms with Crippen LogP contribution in [0.5, 0.6) is 11.5 Å². The van der Waals surface area contributed by atoms with Crippen molar-refractivity contribution >= 4 is 37.5 Å². The molecule has 3 nitrogen and oxygen atoms in total. The van der Waals surface area contributed by atoms with E-state index in [4.69, 9.17) is 9.47 Å². The number of ether oxygens (including phenoxy) is 2. The summed E-state index contributed by atoms with van der Waals surface area (Å²) in [6.45, 7) is 4.01. The second-order valence-corrected chi connectivity index (χ2v) is 6.58. The van der Waals surface area contributed by atoms with Crippen LogP contribution in [0.1, 0.15) is 11.1 Å². The SMILES string of the molecule is Cc1c(Br)cccc1NCc1cc(Br)c2c(c1)OCCO2. The van der Waals surface area contributed by atoms with Gasteiger partial charge in [-0.25, -0.2) is 0 Å². The normalized spacial score (nSPS) is 13.1. The number of fused-ring (bicyclic) bond motifs is 1. The third-order valence-corrected chi connectivity index (χ3v) is 4.86. The van der Waals surface area contributed by atoms with E-state index in [0.717, 1.165) is 38.2 Å². The second kappa shape index (κ2) is 6.28. The highest BCUT2D eigenvalue weighted by atomic mass is 79.9. The van der Waals surface area contributed by atoms with Crippen LogP contribution in [-0.4, -0.2) is 13.2 Å². The molecular formula is C16H15Br2NO2. The maximum absolute atomic E-state index is 5.65. The van der Waals surface area contributed by atoms with Crippen LogP contribution in [-0.2, 0) is 6.54 Å². The summed E-state index contributed by atoms with van der Waals surface area (Å²) in [7, 11) is 0. The lowest BCUT2D eigenvalue weighted by molar-refractivity contribution is 0.170. The molecule has 0 fully saturated rings. The lowest BCUT2D eigenvalue weighted by atomic mass is 10.1. The molecule has 0 atom stereocenters. The van der Waals surface area contributed by atoms with E-state index in [0.29, 0.717) is 13.2 Å². The van der Waals surface area contributed by atoms with Crippen LogP contribution in [0, 0.1) is 6.92 Å². The summed E-state index contributed by atoms with van der Waals surface area (Å²) >= 11 is 7.09. The second-order valence-electron chi connectivity index (χ2n) is 4.87. The number of hydrogen-bond donors (Lipinski definition) is 1. The van der Waals surface area contributed by atoms with Crippen molar-refractivity contribution in [3.05, 3.63) is 50.4 Å². The average molecular weight is 413 g/mol.